The highest BCUT2D eigenvalue weighted by Gasteiger charge is 2.11. The van der Waals surface area contributed by atoms with Crippen LogP contribution in [0.1, 0.15) is 20.8 Å². The number of halogens is 1. The van der Waals surface area contributed by atoms with E-state index in [4.69, 9.17) is 16.3 Å². The molecule has 0 bridgehead atoms. The Hall–Kier alpha value is -1.03. The molecule has 2 unspecified atom stereocenters. The minimum atomic E-state index is 0.253. The van der Waals surface area contributed by atoms with E-state index in [2.05, 4.69) is 29.1 Å². The molecule has 90 valence electrons. The largest absolute Gasteiger partial charge is 0.477 e. The van der Waals surface area contributed by atoms with Crippen molar-refractivity contribution in [3.05, 3.63) is 12.4 Å². The molecule has 1 aromatic heterocycles. The van der Waals surface area contributed by atoms with Gasteiger partial charge in [-0.2, -0.15) is 4.98 Å². The van der Waals surface area contributed by atoms with Gasteiger partial charge in [0.1, 0.15) is 5.82 Å². The lowest BCUT2D eigenvalue weighted by molar-refractivity contribution is 0.325. The maximum Gasteiger partial charge on any atom is 0.234 e. The second kappa shape index (κ2) is 6.53. The standard InChI is InChI=1S/C11H18ClN3O/c1-4-16-11-7-13-6-10(15-11)14-9(3)8(2)5-12/h6-9H,4-5H2,1-3H3,(H,14,15). The summed E-state index contributed by atoms with van der Waals surface area (Å²) in [5.74, 6) is 2.25. The molecule has 4 nitrogen and oxygen atoms in total. The van der Waals surface area contributed by atoms with Gasteiger partial charge in [0.15, 0.2) is 0 Å². The van der Waals surface area contributed by atoms with Crippen LogP contribution in [-0.2, 0) is 0 Å². The summed E-state index contributed by atoms with van der Waals surface area (Å²) in [7, 11) is 0. The first-order valence-electron chi connectivity index (χ1n) is 5.44. The number of nitrogens with zero attached hydrogens (tertiary/aromatic N) is 2. The van der Waals surface area contributed by atoms with E-state index in [9.17, 15) is 0 Å². The summed E-state index contributed by atoms with van der Waals surface area (Å²) in [6, 6.07) is 0.253. The summed E-state index contributed by atoms with van der Waals surface area (Å²) in [6.45, 7) is 6.66. The average Bonchev–Trinajstić information content (AvgIpc) is 2.29. The molecule has 0 saturated carbocycles. The minimum absolute atomic E-state index is 0.253. The van der Waals surface area contributed by atoms with Crippen LogP contribution in [0.5, 0.6) is 5.88 Å². The average molecular weight is 244 g/mol. The predicted molar refractivity (Wildman–Crippen MR) is 66.2 cm³/mol. The smallest absolute Gasteiger partial charge is 0.234 e. The van der Waals surface area contributed by atoms with Gasteiger partial charge in [-0.05, 0) is 19.8 Å². The van der Waals surface area contributed by atoms with E-state index in [0.29, 0.717) is 24.3 Å². The quantitative estimate of drug-likeness (QED) is 0.780. The van der Waals surface area contributed by atoms with Crippen molar-refractivity contribution in [1.29, 1.82) is 0 Å². The van der Waals surface area contributed by atoms with Gasteiger partial charge in [0.05, 0.1) is 19.0 Å². The van der Waals surface area contributed by atoms with Gasteiger partial charge in [-0.1, -0.05) is 6.92 Å². The third kappa shape index (κ3) is 3.85. The van der Waals surface area contributed by atoms with Crippen LogP contribution in [0.15, 0.2) is 12.4 Å². The van der Waals surface area contributed by atoms with Crippen LogP contribution in [0.2, 0.25) is 0 Å². The van der Waals surface area contributed by atoms with Crippen LogP contribution in [0.25, 0.3) is 0 Å². The Labute approximate surface area is 101 Å². The van der Waals surface area contributed by atoms with E-state index in [1.807, 2.05) is 6.92 Å². The van der Waals surface area contributed by atoms with Gasteiger partial charge < -0.3 is 10.1 Å². The highest BCUT2D eigenvalue weighted by atomic mass is 35.5. The number of hydrogen-bond donors (Lipinski definition) is 1. The maximum atomic E-state index is 5.79. The fourth-order valence-electron chi connectivity index (χ4n) is 1.14. The molecule has 16 heavy (non-hydrogen) atoms. The van der Waals surface area contributed by atoms with Gasteiger partial charge in [-0.25, -0.2) is 0 Å². The van der Waals surface area contributed by atoms with Gasteiger partial charge in [0.25, 0.3) is 0 Å². The van der Waals surface area contributed by atoms with E-state index >= 15 is 0 Å². The minimum Gasteiger partial charge on any atom is -0.477 e. The topological polar surface area (TPSA) is 47.0 Å². The van der Waals surface area contributed by atoms with Crippen molar-refractivity contribution in [2.75, 3.05) is 17.8 Å². The summed E-state index contributed by atoms with van der Waals surface area (Å²) in [6.07, 6.45) is 3.28. The molecule has 0 fully saturated rings. The first-order valence-corrected chi connectivity index (χ1v) is 5.98. The third-order valence-electron chi connectivity index (χ3n) is 2.38. The van der Waals surface area contributed by atoms with Crippen LogP contribution in [0.4, 0.5) is 5.82 Å². The van der Waals surface area contributed by atoms with Gasteiger partial charge in [-0.3, -0.25) is 4.98 Å². The molecule has 0 amide bonds. The van der Waals surface area contributed by atoms with Crippen LogP contribution in [0, 0.1) is 5.92 Å². The Balaban J connectivity index is 2.62. The van der Waals surface area contributed by atoms with Crippen molar-refractivity contribution in [2.24, 2.45) is 5.92 Å². The van der Waals surface area contributed by atoms with Crippen molar-refractivity contribution in [3.63, 3.8) is 0 Å². The zero-order valence-corrected chi connectivity index (χ0v) is 10.7. The van der Waals surface area contributed by atoms with Crippen molar-refractivity contribution >= 4 is 17.4 Å². The molecule has 0 aliphatic rings. The number of nitrogens with one attached hydrogen (secondary N) is 1. The summed E-state index contributed by atoms with van der Waals surface area (Å²) in [5, 5.41) is 3.25. The Morgan fingerprint density at radius 1 is 1.44 bits per heavy atom. The van der Waals surface area contributed by atoms with Crippen molar-refractivity contribution in [3.8, 4) is 5.88 Å². The second-order valence-corrected chi connectivity index (χ2v) is 4.05. The molecular formula is C11H18ClN3O. The number of rotatable bonds is 6. The van der Waals surface area contributed by atoms with E-state index < -0.39 is 0 Å². The SMILES string of the molecule is CCOc1cncc(NC(C)C(C)CCl)n1. The van der Waals surface area contributed by atoms with E-state index in [-0.39, 0.29) is 6.04 Å². The van der Waals surface area contributed by atoms with Crippen LogP contribution >= 0.6 is 11.6 Å². The highest BCUT2D eigenvalue weighted by Crippen LogP contribution is 2.13. The second-order valence-electron chi connectivity index (χ2n) is 3.74. The number of alkyl halides is 1. The Bertz CT molecular complexity index is 322. The summed E-state index contributed by atoms with van der Waals surface area (Å²) < 4.78 is 5.28. The fraction of sp³-hybridized carbons (Fsp3) is 0.636. The summed E-state index contributed by atoms with van der Waals surface area (Å²) in [4.78, 5) is 8.34. The van der Waals surface area contributed by atoms with Crippen LogP contribution < -0.4 is 10.1 Å². The molecule has 1 aromatic rings. The molecule has 0 aliphatic carbocycles. The number of anilines is 1. The third-order valence-corrected chi connectivity index (χ3v) is 2.86. The molecule has 0 saturated heterocycles. The lowest BCUT2D eigenvalue weighted by Crippen LogP contribution is -2.25. The Morgan fingerprint density at radius 2 is 2.19 bits per heavy atom. The zero-order chi connectivity index (χ0) is 12.0. The number of aromatic nitrogens is 2. The molecule has 2 atom stereocenters. The van der Waals surface area contributed by atoms with Crippen molar-refractivity contribution < 1.29 is 4.74 Å². The number of hydrogen-bond acceptors (Lipinski definition) is 4. The Kier molecular flexibility index (Phi) is 5.32. The fourth-order valence-corrected chi connectivity index (χ4v) is 1.41. The molecule has 1 heterocycles. The molecule has 0 radical (unpaired) electrons. The van der Waals surface area contributed by atoms with E-state index in [1.165, 1.54) is 0 Å². The normalized spacial score (nSPS) is 14.2. The van der Waals surface area contributed by atoms with Crippen molar-refractivity contribution in [2.45, 2.75) is 26.8 Å². The molecular weight excluding hydrogens is 226 g/mol. The molecule has 1 N–H and O–H groups in total. The van der Waals surface area contributed by atoms with Gasteiger partial charge in [0, 0.05) is 11.9 Å². The predicted octanol–water partition coefficient (Wildman–Crippen LogP) is 2.55. The molecule has 1 rings (SSSR count). The zero-order valence-electron chi connectivity index (χ0n) is 9.90. The van der Waals surface area contributed by atoms with Gasteiger partial charge in [-0.15, -0.1) is 11.6 Å². The molecule has 0 aliphatic heterocycles. The Morgan fingerprint density at radius 3 is 2.81 bits per heavy atom. The first-order chi connectivity index (χ1) is 7.67. The number of ether oxygens (including phenoxy) is 1. The monoisotopic (exact) mass is 243 g/mol. The maximum absolute atomic E-state index is 5.79. The van der Waals surface area contributed by atoms with Gasteiger partial charge in [0.2, 0.25) is 5.88 Å². The van der Waals surface area contributed by atoms with E-state index in [0.717, 1.165) is 5.82 Å². The van der Waals surface area contributed by atoms with Crippen LogP contribution in [-0.4, -0.2) is 28.5 Å². The summed E-state index contributed by atoms with van der Waals surface area (Å²) >= 11 is 5.79. The molecule has 0 aromatic carbocycles. The molecule has 5 heteroatoms. The molecule has 0 spiro atoms. The first kappa shape index (κ1) is 13.0. The van der Waals surface area contributed by atoms with Crippen molar-refractivity contribution in [1.82, 2.24) is 9.97 Å². The lowest BCUT2D eigenvalue weighted by Gasteiger charge is -2.19. The lowest BCUT2D eigenvalue weighted by atomic mass is 10.1. The van der Waals surface area contributed by atoms with E-state index in [1.54, 1.807) is 12.4 Å². The van der Waals surface area contributed by atoms with Gasteiger partial charge >= 0.3 is 0 Å². The highest BCUT2D eigenvalue weighted by molar-refractivity contribution is 6.18. The van der Waals surface area contributed by atoms with Crippen LogP contribution in [0.3, 0.4) is 0 Å². The summed E-state index contributed by atoms with van der Waals surface area (Å²) in [5.41, 5.74) is 0.